The smallest absolute Gasteiger partial charge is 0.374 e. The first kappa shape index (κ1) is 20.9. The van der Waals surface area contributed by atoms with Crippen LogP contribution in [0.25, 0.3) is 11.0 Å². The molecule has 2 aromatic carbocycles. The molecule has 7 nitrogen and oxygen atoms in total. The van der Waals surface area contributed by atoms with Crippen LogP contribution in [-0.4, -0.2) is 28.0 Å². The van der Waals surface area contributed by atoms with Gasteiger partial charge in [-0.25, -0.2) is 17.9 Å². The lowest BCUT2D eigenvalue weighted by atomic mass is 10.1. The van der Waals surface area contributed by atoms with Crippen LogP contribution >= 0.6 is 0 Å². The van der Waals surface area contributed by atoms with Gasteiger partial charge in [-0.05, 0) is 56.7 Å². The molecule has 8 heteroatoms. The molecule has 0 saturated heterocycles. The predicted molar refractivity (Wildman–Crippen MR) is 112 cm³/mol. The molecule has 0 amide bonds. The number of sulfonamides is 1. The van der Waals surface area contributed by atoms with Crippen LogP contribution in [0.15, 0.2) is 51.8 Å². The van der Waals surface area contributed by atoms with Crippen LogP contribution in [0.4, 0.5) is 5.69 Å². The fraction of sp³-hybridized carbons (Fsp3) is 0.286. The third-order valence-corrected chi connectivity index (χ3v) is 6.25. The summed E-state index contributed by atoms with van der Waals surface area (Å²) in [5.74, 6) is -0.482. The lowest BCUT2D eigenvalue weighted by molar-refractivity contribution is 0.0491. The van der Waals surface area contributed by atoms with E-state index in [4.69, 9.17) is 9.15 Å². The van der Waals surface area contributed by atoms with Crippen molar-refractivity contribution >= 4 is 32.6 Å². The van der Waals surface area contributed by atoms with Gasteiger partial charge in [0.15, 0.2) is 0 Å². The highest BCUT2D eigenvalue weighted by molar-refractivity contribution is 7.89. The van der Waals surface area contributed by atoms with Crippen LogP contribution in [0.5, 0.6) is 0 Å². The SMILES string of the molecule is CCOC(=O)c1oc2ccc(S(=O)(=O)NC(C)c3ccc(NC)cc3)cc2c1C. The summed E-state index contributed by atoms with van der Waals surface area (Å²) in [5.41, 5.74) is 2.77. The van der Waals surface area contributed by atoms with E-state index in [1.54, 1.807) is 26.8 Å². The molecule has 0 fully saturated rings. The van der Waals surface area contributed by atoms with Crippen molar-refractivity contribution in [3.8, 4) is 0 Å². The number of carbonyl (C=O) groups is 1. The molecule has 0 aliphatic carbocycles. The number of esters is 1. The summed E-state index contributed by atoms with van der Waals surface area (Å²) in [7, 11) is -1.95. The Morgan fingerprint density at radius 3 is 2.48 bits per heavy atom. The molecule has 3 aromatic rings. The van der Waals surface area contributed by atoms with Gasteiger partial charge in [-0.3, -0.25) is 0 Å². The van der Waals surface area contributed by atoms with Crippen LogP contribution in [0.3, 0.4) is 0 Å². The maximum atomic E-state index is 12.9. The monoisotopic (exact) mass is 416 g/mol. The van der Waals surface area contributed by atoms with E-state index >= 15 is 0 Å². The Labute approximate surface area is 170 Å². The second kappa shape index (κ2) is 8.26. The van der Waals surface area contributed by atoms with Gasteiger partial charge in [-0.1, -0.05) is 12.1 Å². The number of carbonyl (C=O) groups excluding carboxylic acids is 1. The summed E-state index contributed by atoms with van der Waals surface area (Å²) in [6.45, 7) is 5.42. The molecule has 0 saturated carbocycles. The zero-order chi connectivity index (χ0) is 21.2. The van der Waals surface area contributed by atoms with E-state index in [2.05, 4.69) is 10.0 Å². The molecular weight excluding hydrogens is 392 g/mol. The topological polar surface area (TPSA) is 97.6 Å². The molecule has 0 aliphatic heterocycles. The fourth-order valence-corrected chi connectivity index (χ4v) is 4.32. The van der Waals surface area contributed by atoms with Gasteiger partial charge in [-0.15, -0.1) is 0 Å². The minimum Gasteiger partial charge on any atom is -0.460 e. The minimum atomic E-state index is -3.78. The highest BCUT2D eigenvalue weighted by Crippen LogP contribution is 2.29. The molecule has 1 heterocycles. The van der Waals surface area contributed by atoms with Gasteiger partial charge in [0.05, 0.1) is 11.5 Å². The summed E-state index contributed by atoms with van der Waals surface area (Å²) in [6, 6.07) is 11.6. The maximum absolute atomic E-state index is 12.9. The third-order valence-electron chi connectivity index (χ3n) is 4.71. The third kappa shape index (κ3) is 4.28. The van der Waals surface area contributed by atoms with E-state index in [9.17, 15) is 13.2 Å². The van der Waals surface area contributed by atoms with E-state index in [1.807, 2.05) is 31.3 Å². The number of ether oxygens (including phenoxy) is 1. The van der Waals surface area contributed by atoms with E-state index in [1.165, 1.54) is 12.1 Å². The normalized spacial score (nSPS) is 12.7. The van der Waals surface area contributed by atoms with Gasteiger partial charge in [0.1, 0.15) is 5.58 Å². The number of hydrogen-bond donors (Lipinski definition) is 2. The molecule has 0 radical (unpaired) electrons. The highest BCUT2D eigenvalue weighted by atomic mass is 32.2. The molecule has 2 N–H and O–H groups in total. The lowest BCUT2D eigenvalue weighted by Crippen LogP contribution is -2.26. The standard InChI is InChI=1S/C21H24N2O5S/c1-5-27-21(24)20-13(2)18-12-17(10-11-19(18)28-20)29(25,26)23-14(3)15-6-8-16(22-4)9-7-15/h6-12,14,22-23H,5H2,1-4H3. The number of benzene rings is 2. The first-order chi connectivity index (χ1) is 13.8. The van der Waals surface area contributed by atoms with Gasteiger partial charge < -0.3 is 14.5 Å². The van der Waals surface area contributed by atoms with Gasteiger partial charge in [-0.2, -0.15) is 0 Å². The molecule has 0 spiro atoms. The van der Waals surface area contributed by atoms with E-state index in [0.29, 0.717) is 16.5 Å². The zero-order valence-corrected chi connectivity index (χ0v) is 17.6. The predicted octanol–water partition coefficient (Wildman–Crippen LogP) is 4.00. The largest absolute Gasteiger partial charge is 0.460 e. The van der Waals surface area contributed by atoms with Crippen molar-refractivity contribution in [1.29, 1.82) is 0 Å². The highest BCUT2D eigenvalue weighted by Gasteiger charge is 2.23. The van der Waals surface area contributed by atoms with Crippen molar-refractivity contribution in [1.82, 2.24) is 4.72 Å². The van der Waals surface area contributed by atoms with Crippen LogP contribution in [0, 0.1) is 6.92 Å². The Hall–Kier alpha value is -2.84. The van der Waals surface area contributed by atoms with Crippen molar-refractivity contribution in [2.45, 2.75) is 31.7 Å². The summed E-state index contributed by atoms with van der Waals surface area (Å²) in [4.78, 5) is 12.1. The van der Waals surface area contributed by atoms with E-state index < -0.39 is 22.0 Å². The van der Waals surface area contributed by atoms with Gasteiger partial charge >= 0.3 is 5.97 Å². The average Bonchev–Trinajstić information content (AvgIpc) is 3.04. The number of aryl methyl sites for hydroxylation is 1. The fourth-order valence-electron chi connectivity index (χ4n) is 3.07. The second-order valence-electron chi connectivity index (χ2n) is 6.65. The Bertz CT molecular complexity index is 1130. The van der Waals surface area contributed by atoms with Crippen LogP contribution in [0.2, 0.25) is 0 Å². The number of nitrogens with one attached hydrogen (secondary N) is 2. The summed E-state index contributed by atoms with van der Waals surface area (Å²) in [6.07, 6.45) is 0. The van der Waals surface area contributed by atoms with Crippen molar-refractivity contribution in [2.75, 3.05) is 19.0 Å². The summed E-state index contributed by atoms with van der Waals surface area (Å²) >= 11 is 0. The number of anilines is 1. The molecule has 3 rings (SSSR count). The van der Waals surface area contributed by atoms with Gasteiger partial charge in [0, 0.05) is 29.7 Å². The van der Waals surface area contributed by atoms with Crippen molar-refractivity contribution in [2.24, 2.45) is 0 Å². The van der Waals surface area contributed by atoms with Gasteiger partial charge in [0.2, 0.25) is 15.8 Å². The van der Waals surface area contributed by atoms with Crippen molar-refractivity contribution in [3.63, 3.8) is 0 Å². The first-order valence-corrected chi connectivity index (χ1v) is 10.8. The Kier molecular flexibility index (Phi) is 5.95. The molecule has 29 heavy (non-hydrogen) atoms. The number of rotatable bonds is 7. The molecule has 1 atom stereocenters. The van der Waals surface area contributed by atoms with Gasteiger partial charge in [0.25, 0.3) is 0 Å². The first-order valence-electron chi connectivity index (χ1n) is 9.27. The molecule has 1 unspecified atom stereocenters. The zero-order valence-electron chi connectivity index (χ0n) is 16.8. The van der Waals surface area contributed by atoms with Crippen molar-refractivity contribution < 1.29 is 22.4 Å². The molecular formula is C21H24N2O5S. The van der Waals surface area contributed by atoms with Crippen LogP contribution in [-0.2, 0) is 14.8 Å². The maximum Gasteiger partial charge on any atom is 0.374 e. The second-order valence-corrected chi connectivity index (χ2v) is 8.36. The molecule has 0 bridgehead atoms. The average molecular weight is 416 g/mol. The molecule has 1 aromatic heterocycles. The Morgan fingerprint density at radius 2 is 1.86 bits per heavy atom. The van der Waals surface area contributed by atoms with Crippen molar-refractivity contribution in [3.05, 3.63) is 59.4 Å². The molecule has 0 aliphatic rings. The molecule has 154 valence electrons. The Balaban J connectivity index is 1.89. The quantitative estimate of drug-likeness (QED) is 0.565. The van der Waals surface area contributed by atoms with E-state index in [-0.39, 0.29) is 17.3 Å². The van der Waals surface area contributed by atoms with E-state index in [0.717, 1.165) is 11.3 Å². The minimum absolute atomic E-state index is 0.0855. The number of fused-ring (bicyclic) bond motifs is 1. The van der Waals surface area contributed by atoms with Crippen LogP contribution in [0.1, 0.15) is 41.6 Å². The number of hydrogen-bond acceptors (Lipinski definition) is 6. The summed E-state index contributed by atoms with van der Waals surface area (Å²) in [5, 5.41) is 3.58. The number of furan rings is 1. The summed E-state index contributed by atoms with van der Waals surface area (Å²) < 4.78 is 39.0. The lowest BCUT2D eigenvalue weighted by Gasteiger charge is -2.15. The Morgan fingerprint density at radius 1 is 1.17 bits per heavy atom. The van der Waals surface area contributed by atoms with Crippen LogP contribution < -0.4 is 10.0 Å².